The number of hydrogen-bond donors (Lipinski definition) is 3. The number of halogens is 2. The summed E-state index contributed by atoms with van der Waals surface area (Å²) in [7, 11) is 0. The van der Waals surface area contributed by atoms with Gasteiger partial charge in [-0.3, -0.25) is 14.5 Å². The zero-order valence-electron chi connectivity index (χ0n) is 18.3. The van der Waals surface area contributed by atoms with Gasteiger partial charge in [0.2, 0.25) is 5.91 Å². The predicted octanol–water partition coefficient (Wildman–Crippen LogP) is 2.35. The lowest BCUT2D eigenvalue weighted by Gasteiger charge is -2.49. The van der Waals surface area contributed by atoms with E-state index in [0.29, 0.717) is 32.7 Å². The molecule has 1 fully saturated rings. The molecule has 2 amide bonds. The lowest BCUT2D eigenvalue weighted by atomic mass is 10.0. The highest BCUT2D eigenvalue weighted by Crippen LogP contribution is 2.40. The van der Waals surface area contributed by atoms with E-state index in [1.54, 1.807) is 18.2 Å². The van der Waals surface area contributed by atoms with Crippen molar-refractivity contribution in [2.75, 3.05) is 18.1 Å². The van der Waals surface area contributed by atoms with Gasteiger partial charge in [-0.1, -0.05) is 29.3 Å². The third kappa shape index (κ3) is 5.62. The first-order valence-electron chi connectivity index (χ1n) is 10.7. The van der Waals surface area contributed by atoms with Crippen LogP contribution in [-0.4, -0.2) is 62.4 Å². The lowest BCUT2D eigenvalue weighted by Crippen LogP contribution is -2.71. The lowest BCUT2D eigenvalue weighted by molar-refractivity contribution is -0.696. The quantitative estimate of drug-likeness (QED) is 0.248. The summed E-state index contributed by atoms with van der Waals surface area (Å²) in [5, 5.41) is 22.4. The van der Waals surface area contributed by atoms with Gasteiger partial charge in [-0.2, -0.15) is 4.57 Å². The fourth-order valence-electron chi connectivity index (χ4n) is 3.96. The number of hydrogen-bond acceptors (Lipinski definition) is 6. The van der Waals surface area contributed by atoms with Crippen molar-refractivity contribution in [1.29, 1.82) is 0 Å². The Morgan fingerprint density at radius 1 is 1.26 bits per heavy atom. The number of carbonyl (C=O) groups excluding carboxylic acids is 2. The Hall–Kier alpha value is -2.24. The van der Waals surface area contributed by atoms with Crippen molar-refractivity contribution < 1.29 is 29.2 Å². The fraction of sp³-hybridized carbons (Fsp3) is 0.304. The van der Waals surface area contributed by atoms with Crippen LogP contribution in [0.4, 0.5) is 0 Å². The number of nitrogens with zero attached hydrogens (tertiary/aromatic N) is 2. The number of β-lactam (4-membered cyclic amide) rings is 1. The normalized spacial score (nSPS) is 19.3. The number of thioether (sulfide) groups is 2. The van der Waals surface area contributed by atoms with Crippen molar-refractivity contribution in [3.63, 3.8) is 0 Å². The summed E-state index contributed by atoms with van der Waals surface area (Å²) in [5.41, 5.74) is 1.41. The van der Waals surface area contributed by atoms with Crippen LogP contribution in [0.25, 0.3) is 0 Å². The van der Waals surface area contributed by atoms with E-state index in [4.69, 9.17) is 23.2 Å². The largest absolute Gasteiger partial charge is 0.477 e. The van der Waals surface area contributed by atoms with Crippen molar-refractivity contribution >= 4 is 64.5 Å². The van der Waals surface area contributed by atoms with Crippen LogP contribution in [-0.2, 0) is 27.3 Å². The molecule has 3 N–H and O–H groups in total. The number of rotatable bonds is 9. The van der Waals surface area contributed by atoms with Crippen LogP contribution in [0, 0.1) is 0 Å². The van der Waals surface area contributed by atoms with E-state index in [1.165, 1.54) is 28.4 Å². The van der Waals surface area contributed by atoms with E-state index in [9.17, 15) is 24.6 Å². The second-order valence-corrected chi connectivity index (χ2v) is 10.8. The molecule has 4 rings (SSSR count). The molecule has 0 saturated carbocycles. The molecule has 2 aliphatic rings. The van der Waals surface area contributed by atoms with E-state index in [0.717, 1.165) is 5.69 Å². The molecule has 0 spiro atoms. The molecule has 3 heterocycles. The van der Waals surface area contributed by atoms with Crippen molar-refractivity contribution in [3.8, 4) is 0 Å². The number of aliphatic hydroxyl groups excluding tert-OH is 1. The summed E-state index contributed by atoms with van der Waals surface area (Å²) in [4.78, 5) is 39.5. The zero-order chi connectivity index (χ0) is 25.1. The highest BCUT2D eigenvalue weighted by molar-refractivity contribution is 8.00. The molecule has 2 aromatic rings. The van der Waals surface area contributed by atoms with Crippen LogP contribution in [0.3, 0.4) is 0 Å². The van der Waals surface area contributed by atoms with Gasteiger partial charge in [0.05, 0.1) is 23.8 Å². The Morgan fingerprint density at radius 3 is 2.80 bits per heavy atom. The maximum absolute atomic E-state index is 12.9. The minimum absolute atomic E-state index is 0.0283. The molecule has 184 valence electrons. The number of benzene rings is 1. The van der Waals surface area contributed by atoms with E-state index in [-0.39, 0.29) is 30.5 Å². The number of aromatic nitrogens is 1. The standard InChI is InChI=1S/C23H21Cl2N3O5S2/c24-14-4-5-16(25)17(9-14)34-12-18(30)26-19-21(31)28-20(23(32)33)13(11-35-22(19)28)10-27-7-2-1-3-15(27)6-8-29/h1-5,7,9,19,22,29H,6,8,10-12H2,(H-,26,30,32,33)/p+1/t19-,22-/m1/s1. The number of carboxylic acids is 1. The van der Waals surface area contributed by atoms with Crippen LogP contribution >= 0.6 is 46.7 Å². The van der Waals surface area contributed by atoms with E-state index < -0.39 is 23.3 Å². The van der Waals surface area contributed by atoms with Crippen LogP contribution < -0.4 is 9.88 Å². The van der Waals surface area contributed by atoms with Gasteiger partial charge in [0.25, 0.3) is 5.91 Å². The Labute approximate surface area is 220 Å². The molecule has 1 aromatic carbocycles. The van der Waals surface area contributed by atoms with Crippen LogP contribution in [0.1, 0.15) is 5.69 Å². The third-order valence-corrected chi connectivity index (χ3v) is 8.65. The first kappa shape index (κ1) is 25.8. The van der Waals surface area contributed by atoms with Crippen LogP contribution in [0.5, 0.6) is 0 Å². The van der Waals surface area contributed by atoms with Crippen molar-refractivity contribution in [1.82, 2.24) is 10.2 Å². The van der Waals surface area contributed by atoms with Gasteiger partial charge in [-0.05, 0) is 18.2 Å². The average Bonchev–Trinajstić information content (AvgIpc) is 2.84. The predicted molar refractivity (Wildman–Crippen MR) is 134 cm³/mol. The zero-order valence-corrected chi connectivity index (χ0v) is 21.5. The van der Waals surface area contributed by atoms with Gasteiger partial charge in [0, 0.05) is 33.4 Å². The number of fused-ring (bicyclic) bond motifs is 1. The number of carbonyl (C=O) groups is 3. The Morgan fingerprint density at radius 2 is 2.06 bits per heavy atom. The van der Waals surface area contributed by atoms with Gasteiger partial charge < -0.3 is 15.5 Å². The minimum Gasteiger partial charge on any atom is -0.477 e. The Balaban J connectivity index is 1.44. The highest BCUT2D eigenvalue weighted by Gasteiger charge is 2.54. The summed E-state index contributed by atoms with van der Waals surface area (Å²) in [6.45, 7) is 0.259. The van der Waals surface area contributed by atoms with Gasteiger partial charge >= 0.3 is 5.97 Å². The van der Waals surface area contributed by atoms with E-state index >= 15 is 0 Å². The first-order valence-corrected chi connectivity index (χ1v) is 13.4. The maximum Gasteiger partial charge on any atom is 0.352 e. The monoisotopic (exact) mass is 554 g/mol. The van der Waals surface area contributed by atoms with Crippen LogP contribution in [0.2, 0.25) is 10.0 Å². The molecule has 1 aromatic heterocycles. The Kier molecular flexibility index (Phi) is 8.28. The minimum atomic E-state index is -1.19. The molecule has 0 bridgehead atoms. The molecule has 8 nitrogen and oxygen atoms in total. The van der Waals surface area contributed by atoms with Crippen molar-refractivity contribution in [2.45, 2.75) is 29.3 Å². The average molecular weight is 555 g/mol. The molecular formula is C23H22Cl2N3O5S2+. The topological polar surface area (TPSA) is 111 Å². The summed E-state index contributed by atoms with van der Waals surface area (Å²) in [6.07, 6.45) is 2.25. The maximum atomic E-state index is 12.9. The number of pyridine rings is 1. The number of carboxylic acid groups (broad SMARTS) is 1. The van der Waals surface area contributed by atoms with Crippen LogP contribution in [0.15, 0.2) is 58.8 Å². The molecular weight excluding hydrogens is 533 g/mol. The van der Waals surface area contributed by atoms with Gasteiger partial charge in [0.1, 0.15) is 17.1 Å². The molecule has 35 heavy (non-hydrogen) atoms. The first-order chi connectivity index (χ1) is 16.8. The molecule has 2 atom stereocenters. The van der Waals surface area contributed by atoms with E-state index in [2.05, 4.69) is 5.32 Å². The number of amides is 2. The highest BCUT2D eigenvalue weighted by atomic mass is 35.5. The molecule has 12 heteroatoms. The van der Waals surface area contributed by atoms with Gasteiger partial charge in [-0.15, -0.1) is 23.5 Å². The number of nitrogens with one attached hydrogen (secondary N) is 1. The summed E-state index contributed by atoms with van der Waals surface area (Å²) in [6, 6.07) is 9.71. The summed E-state index contributed by atoms with van der Waals surface area (Å²) in [5.74, 6) is -1.56. The number of aliphatic hydroxyl groups is 1. The smallest absolute Gasteiger partial charge is 0.352 e. The van der Waals surface area contributed by atoms with Gasteiger partial charge in [0.15, 0.2) is 18.4 Å². The molecule has 0 unspecified atom stereocenters. The molecule has 0 radical (unpaired) electrons. The van der Waals surface area contributed by atoms with Crippen molar-refractivity contribution in [2.24, 2.45) is 0 Å². The Bertz CT molecular complexity index is 1210. The van der Waals surface area contributed by atoms with E-state index in [1.807, 2.05) is 29.0 Å². The van der Waals surface area contributed by atoms with Gasteiger partial charge in [-0.25, -0.2) is 4.79 Å². The molecule has 0 aliphatic carbocycles. The fourth-order valence-corrected chi connectivity index (χ4v) is 6.60. The summed E-state index contributed by atoms with van der Waals surface area (Å²) < 4.78 is 1.87. The second kappa shape index (κ2) is 11.2. The second-order valence-electron chi connectivity index (χ2n) is 7.87. The summed E-state index contributed by atoms with van der Waals surface area (Å²) >= 11 is 14.7. The third-order valence-electron chi connectivity index (χ3n) is 5.58. The number of aliphatic carboxylic acids is 1. The SMILES string of the molecule is O=C(CSc1cc(Cl)ccc1Cl)N[C@@H]1C(=O)N2C(C(=O)O)=C(C[n+]3ccccc3CCO)CS[C@H]12. The van der Waals surface area contributed by atoms with Crippen molar-refractivity contribution in [3.05, 3.63) is 69.6 Å². The molecule has 1 saturated heterocycles. The molecule has 2 aliphatic heterocycles.